The van der Waals surface area contributed by atoms with Crippen molar-refractivity contribution in [3.05, 3.63) is 42.0 Å². The minimum Gasteiger partial charge on any atom is -0.349 e. The maximum atomic E-state index is 12.4. The fraction of sp³-hybridized carbons (Fsp3) is 0.357. The number of anilines is 1. The second-order valence-corrected chi connectivity index (χ2v) is 6.54. The van der Waals surface area contributed by atoms with Gasteiger partial charge >= 0.3 is 0 Å². The Balaban J connectivity index is 2.28. The Hall–Kier alpha value is -1.86. The third-order valence-electron chi connectivity index (χ3n) is 3.11. The van der Waals surface area contributed by atoms with Crippen molar-refractivity contribution in [2.24, 2.45) is 5.73 Å². The summed E-state index contributed by atoms with van der Waals surface area (Å²) >= 11 is 0. The summed E-state index contributed by atoms with van der Waals surface area (Å²) < 4.78 is 29.2. The number of aromatic nitrogens is 2. The molecular formula is C14H20N4O2S. The molecule has 0 bridgehead atoms. The number of hydrogen-bond donors (Lipinski definition) is 2. The maximum Gasteiger partial charge on any atom is 0.263 e. The second kappa shape index (κ2) is 6.28. The lowest BCUT2D eigenvalue weighted by Gasteiger charge is -2.06. The second-order valence-electron chi connectivity index (χ2n) is 4.86. The van der Waals surface area contributed by atoms with Crippen molar-refractivity contribution in [3.8, 4) is 0 Å². The van der Waals surface area contributed by atoms with Gasteiger partial charge in [0.25, 0.3) is 10.0 Å². The van der Waals surface area contributed by atoms with Crippen molar-refractivity contribution in [1.82, 2.24) is 9.55 Å². The topological polar surface area (TPSA) is 90.0 Å². The molecule has 0 amide bonds. The van der Waals surface area contributed by atoms with Gasteiger partial charge in [0.15, 0.2) is 0 Å². The molecule has 2 rings (SSSR count). The van der Waals surface area contributed by atoms with Crippen LogP contribution in [0.2, 0.25) is 0 Å². The number of aryl methyl sites for hydroxylation is 2. The fourth-order valence-electron chi connectivity index (χ4n) is 2.04. The number of nitrogens with one attached hydrogen (secondary N) is 1. The molecule has 0 aromatic carbocycles. The molecule has 0 aliphatic carbocycles. The van der Waals surface area contributed by atoms with Gasteiger partial charge in [-0.2, -0.15) is 0 Å². The van der Waals surface area contributed by atoms with E-state index < -0.39 is 10.0 Å². The molecule has 7 heteroatoms. The van der Waals surface area contributed by atoms with Crippen molar-refractivity contribution in [1.29, 1.82) is 0 Å². The Bertz CT molecular complexity index is 705. The van der Waals surface area contributed by atoms with Crippen molar-refractivity contribution in [2.75, 3.05) is 4.72 Å². The van der Waals surface area contributed by atoms with E-state index in [4.69, 9.17) is 5.73 Å². The van der Waals surface area contributed by atoms with Crippen LogP contribution in [0.1, 0.15) is 24.7 Å². The average molecular weight is 308 g/mol. The third kappa shape index (κ3) is 3.62. The van der Waals surface area contributed by atoms with Crippen LogP contribution < -0.4 is 10.5 Å². The summed E-state index contributed by atoms with van der Waals surface area (Å²) in [5, 5.41) is 0. The zero-order valence-electron chi connectivity index (χ0n) is 12.2. The molecule has 114 valence electrons. The molecule has 0 saturated carbocycles. The highest BCUT2D eigenvalue weighted by atomic mass is 32.2. The monoisotopic (exact) mass is 308 g/mol. The van der Waals surface area contributed by atoms with E-state index in [9.17, 15) is 8.42 Å². The van der Waals surface area contributed by atoms with Crippen LogP contribution in [0.15, 0.2) is 35.5 Å². The van der Waals surface area contributed by atoms with Gasteiger partial charge in [-0.25, -0.2) is 8.42 Å². The minimum absolute atomic E-state index is 0.219. The highest BCUT2D eigenvalue weighted by Gasteiger charge is 2.18. The summed E-state index contributed by atoms with van der Waals surface area (Å²) in [5.41, 5.74) is 7.74. The van der Waals surface area contributed by atoms with Gasteiger partial charge in [-0.1, -0.05) is 6.92 Å². The molecule has 6 nitrogen and oxygen atoms in total. The van der Waals surface area contributed by atoms with Crippen molar-refractivity contribution >= 4 is 15.7 Å². The van der Waals surface area contributed by atoms with Crippen LogP contribution >= 0.6 is 0 Å². The van der Waals surface area contributed by atoms with Gasteiger partial charge in [-0.3, -0.25) is 9.71 Å². The predicted molar refractivity (Wildman–Crippen MR) is 82.4 cm³/mol. The molecular weight excluding hydrogens is 288 g/mol. The van der Waals surface area contributed by atoms with Gasteiger partial charge < -0.3 is 10.3 Å². The van der Waals surface area contributed by atoms with Crippen LogP contribution in [-0.2, 0) is 23.1 Å². The van der Waals surface area contributed by atoms with Gasteiger partial charge in [0.1, 0.15) is 4.90 Å². The summed E-state index contributed by atoms with van der Waals surface area (Å²) in [5.74, 6) is 0. The first-order valence-corrected chi connectivity index (χ1v) is 8.29. The molecule has 0 unspecified atom stereocenters. The summed E-state index contributed by atoms with van der Waals surface area (Å²) in [4.78, 5) is 4.29. The van der Waals surface area contributed by atoms with E-state index in [0.717, 1.165) is 24.4 Å². The molecule has 0 atom stereocenters. The standard InChI is InChI=1S/C14H20N4O2S/c1-3-6-18-10-14(7-13(18)8-15)21(19,20)17-12-5-4-11(2)16-9-12/h4-5,7,9-10,17H,3,6,8,15H2,1-2H3. The smallest absolute Gasteiger partial charge is 0.263 e. The molecule has 0 spiro atoms. The number of nitrogens with zero attached hydrogens (tertiary/aromatic N) is 2. The van der Waals surface area contributed by atoms with Crippen LogP contribution in [0.4, 0.5) is 5.69 Å². The Morgan fingerprint density at radius 1 is 1.38 bits per heavy atom. The van der Waals surface area contributed by atoms with E-state index in [1.807, 2.05) is 18.4 Å². The lowest BCUT2D eigenvalue weighted by atomic mass is 10.4. The van der Waals surface area contributed by atoms with Gasteiger partial charge in [-0.15, -0.1) is 0 Å². The summed E-state index contributed by atoms with van der Waals surface area (Å²) in [6.45, 7) is 4.93. The van der Waals surface area contributed by atoms with Gasteiger partial charge in [0.2, 0.25) is 0 Å². The van der Waals surface area contributed by atoms with E-state index in [0.29, 0.717) is 12.2 Å². The van der Waals surface area contributed by atoms with Crippen LogP contribution in [0.5, 0.6) is 0 Å². The lowest BCUT2D eigenvalue weighted by Crippen LogP contribution is -2.12. The van der Waals surface area contributed by atoms with Gasteiger partial charge in [0.05, 0.1) is 11.9 Å². The largest absolute Gasteiger partial charge is 0.349 e. The molecule has 0 aliphatic heterocycles. The van der Waals surface area contributed by atoms with Crippen LogP contribution in [0.25, 0.3) is 0 Å². The molecule has 0 saturated heterocycles. The molecule has 2 aromatic heterocycles. The van der Waals surface area contributed by atoms with Crippen molar-refractivity contribution in [2.45, 2.75) is 38.3 Å². The van der Waals surface area contributed by atoms with Crippen molar-refractivity contribution in [3.63, 3.8) is 0 Å². The number of rotatable bonds is 6. The first kappa shape index (κ1) is 15.5. The Kier molecular flexibility index (Phi) is 4.64. The molecule has 2 heterocycles. The summed E-state index contributed by atoms with van der Waals surface area (Å²) in [7, 11) is -3.62. The number of sulfonamides is 1. The molecule has 3 N–H and O–H groups in total. The number of nitrogens with two attached hydrogens (primary N) is 1. The van der Waals surface area contributed by atoms with Crippen LogP contribution in [0.3, 0.4) is 0 Å². The normalized spacial score (nSPS) is 11.6. The average Bonchev–Trinajstić information content (AvgIpc) is 2.86. The summed E-state index contributed by atoms with van der Waals surface area (Å²) in [6, 6.07) is 5.05. The van der Waals surface area contributed by atoms with E-state index in [1.54, 1.807) is 24.4 Å². The van der Waals surface area contributed by atoms with E-state index in [1.165, 1.54) is 6.20 Å². The minimum atomic E-state index is -3.62. The van der Waals surface area contributed by atoms with Crippen LogP contribution in [0, 0.1) is 6.92 Å². The highest BCUT2D eigenvalue weighted by Crippen LogP contribution is 2.18. The summed E-state index contributed by atoms with van der Waals surface area (Å²) in [6.07, 6.45) is 4.03. The van der Waals surface area contributed by atoms with Gasteiger partial charge in [-0.05, 0) is 31.5 Å². The zero-order chi connectivity index (χ0) is 15.5. The zero-order valence-corrected chi connectivity index (χ0v) is 13.0. The molecule has 2 aromatic rings. The van der Waals surface area contributed by atoms with Gasteiger partial charge in [0, 0.05) is 30.7 Å². The molecule has 0 fully saturated rings. The predicted octanol–water partition coefficient (Wildman–Crippen LogP) is 1.86. The van der Waals surface area contributed by atoms with Crippen LogP contribution in [-0.4, -0.2) is 18.0 Å². The lowest BCUT2D eigenvalue weighted by molar-refractivity contribution is 0.600. The van der Waals surface area contributed by atoms with E-state index in [-0.39, 0.29) is 4.90 Å². The maximum absolute atomic E-state index is 12.4. The van der Waals surface area contributed by atoms with E-state index in [2.05, 4.69) is 9.71 Å². The molecule has 0 radical (unpaired) electrons. The first-order valence-electron chi connectivity index (χ1n) is 6.81. The quantitative estimate of drug-likeness (QED) is 0.852. The van der Waals surface area contributed by atoms with Crippen molar-refractivity contribution < 1.29 is 8.42 Å². The molecule has 0 aliphatic rings. The SMILES string of the molecule is CCCn1cc(S(=O)(=O)Nc2ccc(C)nc2)cc1CN. The Labute approximate surface area is 125 Å². The Morgan fingerprint density at radius 2 is 2.14 bits per heavy atom. The number of hydrogen-bond acceptors (Lipinski definition) is 4. The molecule has 21 heavy (non-hydrogen) atoms. The third-order valence-corrected chi connectivity index (χ3v) is 4.46. The highest BCUT2D eigenvalue weighted by molar-refractivity contribution is 7.92. The number of pyridine rings is 1. The fourth-order valence-corrected chi connectivity index (χ4v) is 3.14. The first-order chi connectivity index (χ1) is 9.96. The van der Waals surface area contributed by atoms with E-state index >= 15 is 0 Å². The Morgan fingerprint density at radius 3 is 2.71 bits per heavy atom.